The molecule has 1 aliphatic heterocycles. The normalized spacial score (nSPS) is 15.5. The van der Waals surface area contributed by atoms with Crippen LogP contribution in [0.4, 0.5) is 10.5 Å². The van der Waals surface area contributed by atoms with Crippen molar-refractivity contribution in [3.8, 4) is 11.4 Å². The molecular weight excluding hydrogens is 362 g/mol. The predicted octanol–water partition coefficient (Wildman–Crippen LogP) is 5.25. The van der Waals surface area contributed by atoms with E-state index >= 15 is 0 Å². The van der Waals surface area contributed by atoms with Gasteiger partial charge in [0.15, 0.2) is 0 Å². The molecule has 138 valence electrons. The number of hydrogen-bond acceptors (Lipinski definition) is 2. The van der Waals surface area contributed by atoms with Crippen LogP contribution in [0.1, 0.15) is 24.2 Å². The minimum absolute atomic E-state index is 0.0995. The number of fused-ring (bicyclic) bond motifs is 3. The van der Waals surface area contributed by atoms with Crippen molar-refractivity contribution >= 4 is 23.3 Å². The highest BCUT2D eigenvalue weighted by Gasteiger charge is 2.29. The van der Waals surface area contributed by atoms with Crippen LogP contribution in [0.5, 0.6) is 5.75 Å². The van der Waals surface area contributed by atoms with Gasteiger partial charge in [0.25, 0.3) is 0 Å². The summed E-state index contributed by atoms with van der Waals surface area (Å²) in [6.45, 7) is 2.54. The highest BCUT2D eigenvalue weighted by atomic mass is 35.5. The lowest BCUT2D eigenvalue weighted by atomic mass is 10.1. The van der Waals surface area contributed by atoms with Crippen LogP contribution in [-0.2, 0) is 6.54 Å². The van der Waals surface area contributed by atoms with E-state index in [2.05, 4.69) is 22.0 Å². The first kappa shape index (κ1) is 17.5. The average Bonchev–Trinajstić information content (AvgIpc) is 3.11. The maximum Gasteiger partial charge on any atom is 0.322 e. The van der Waals surface area contributed by atoms with Crippen molar-refractivity contribution < 1.29 is 9.53 Å². The fraction of sp³-hybridized carbons (Fsp3) is 0.190. The maximum atomic E-state index is 13.2. The van der Waals surface area contributed by atoms with E-state index in [9.17, 15) is 4.79 Å². The van der Waals surface area contributed by atoms with Gasteiger partial charge in [0.2, 0.25) is 0 Å². The van der Waals surface area contributed by atoms with E-state index in [1.165, 1.54) is 0 Å². The van der Waals surface area contributed by atoms with Gasteiger partial charge in [-0.15, -0.1) is 0 Å². The molecule has 4 rings (SSSR count). The lowest BCUT2D eigenvalue weighted by molar-refractivity contribution is 0.189. The molecule has 2 aromatic carbocycles. The average molecular weight is 382 g/mol. The van der Waals surface area contributed by atoms with Gasteiger partial charge in [-0.05, 0) is 48.9 Å². The summed E-state index contributed by atoms with van der Waals surface area (Å²) in [6, 6.07) is 17.1. The maximum absolute atomic E-state index is 13.2. The molecule has 0 fully saturated rings. The summed E-state index contributed by atoms with van der Waals surface area (Å²) in [7, 11) is 1.57. The van der Waals surface area contributed by atoms with E-state index in [0.29, 0.717) is 23.0 Å². The summed E-state index contributed by atoms with van der Waals surface area (Å²) in [5.74, 6) is 0.569. The zero-order valence-electron chi connectivity index (χ0n) is 15.1. The summed E-state index contributed by atoms with van der Waals surface area (Å²) in [6.07, 6.45) is 2.03. The number of amides is 2. The van der Waals surface area contributed by atoms with Crippen LogP contribution in [0.3, 0.4) is 0 Å². The second-order valence-corrected chi connectivity index (χ2v) is 6.95. The zero-order chi connectivity index (χ0) is 19.0. The van der Waals surface area contributed by atoms with Crippen LogP contribution < -0.4 is 10.1 Å². The fourth-order valence-electron chi connectivity index (χ4n) is 3.53. The van der Waals surface area contributed by atoms with Gasteiger partial charge in [0, 0.05) is 16.9 Å². The summed E-state index contributed by atoms with van der Waals surface area (Å²) >= 11 is 6.09. The van der Waals surface area contributed by atoms with E-state index in [4.69, 9.17) is 16.3 Å². The van der Waals surface area contributed by atoms with Crippen LogP contribution >= 0.6 is 11.6 Å². The van der Waals surface area contributed by atoms with Gasteiger partial charge < -0.3 is 19.5 Å². The highest BCUT2D eigenvalue weighted by molar-refractivity contribution is 6.31. The molecule has 0 unspecified atom stereocenters. The first-order valence-corrected chi connectivity index (χ1v) is 9.13. The van der Waals surface area contributed by atoms with Gasteiger partial charge in [-0.3, -0.25) is 0 Å². The minimum Gasteiger partial charge on any atom is -0.495 e. The number of para-hydroxylation sites is 1. The van der Waals surface area contributed by atoms with Gasteiger partial charge in [-0.2, -0.15) is 0 Å². The van der Waals surface area contributed by atoms with E-state index in [1.54, 1.807) is 25.3 Å². The quantitative estimate of drug-likeness (QED) is 0.659. The molecule has 0 aliphatic carbocycles. The van der Waals surface area contributed by atoms with Crippen molar-refractivity contribution in [2.45, 2.75) is 19.5 Å². The van der Waals surface area contributed by atoms with E-state index in [1.807, 2.05) is 42.3 Å². The van der Waals surface area contributed by atoms with Crippen molar-refractivity contribution in [1.82, 2.24) is 9.47 Å². The first-order chi connectivity index (χ1) is 13.1. The molecular formula is C21H20ClN3O2. The Labute approximate surface area is 163 Å². The summed E-state index contributed by atoms with van der Waals surface area (Å²) in [5, 5.41) is 3.49. The molecule has 1 aromatic heterocycles. The molecule has 0 saturated heterocycles. The molecule has 5 nitrogen and oxygen atoms in total. The number of ether oxygens (including phenoxy) is 1. The number of nitrogens with zero attached hydrogens (tertiary/aromatic N) is 2. The van der Waals surface area contributed by atoms with Crippen LogP contribution in [0.15, 0.2) is 60.8 Å². The van der Waals surface area contributed by atoms with E-state index in [0.717, 1.165) is 16.9 Å². The summed E-state index contributed by atoms with van der Waals surface area (Å²) in [4.78, 5) is 15.0. The van der Waals surface area contributed by atoms with Crippen molar-refractivity contribution in [3.63, 3.8) is 0 Å². The van der Waals surface area contributed by atoms with Crippen LogP contribution in [0.25, 0.3) is 5.69 Å². The standard InChI is InChI=1S/C21H20ClN3O2/c1-14-18-8-5-11-24(18)19-7-4-3-6-15(19)13-25(14)21(26)23-17-12-16(22)9-10-20(17)27-2/h3-12,14H,13H2,1-2H3,(H,23,26)/t14-/m1/s1. The van der Waals surface area contributed by atoms with Crippen LogP contribution in [0.2, 0.25) is 5.02 Å². The molecule has 3 aromatic rings. The molecule has 6 heteroatoms. The second-order valence-electron chi connectivity index (χ2n) is 6.51. The summed E-state index contributed by atoms with van der Waals surface area (Å²) in [5.41, 5.74) is 3.80. The zero-order valence-corrected chi connectivity index (χ0v) is 15.9. The molecule has 0 spiro atoms. The first-order valence-electron chi connectivity index (χ1n) is 8.75. The number of halogens is 1. The highest BCUT2D eigenvalue weighted by Crippen LogP contribution is 2.33. The van der Waals surface area contributed by atoms with Crippen molar-refractivity contribution in [2.24, 2.45) is 0 Å². The van der Waals surface area contributed by atoms with Gasteiger partial charge in [0.05, 0.1) is 31.1 Å². The van der Waals surface area contributed by atoms with E-state index in [-0.39, 0.29) is 12.1 Å². The monoisotopic (exact) mass is 381 g/mol. The number of urea groups is 1. The Morgan fingerprint density at radius 2 is 2.00 bits per heavy atom. The number of nitrogens with one attached hydrogen (secondary N) is 1. The summed E-state index contributed by atoms with van der Waals surface area (Å²) < 4.78 is 7.49. The molecule has 1 N–H and O–H groups in total. The lowest BCUT2D eigenvalue weighted by Gasteiger charge is -2.28. The van der Waals surface area contributed by atoms with Crippen molar-refractivity contribution in [1.29, 1.82) is 0 Å². The molecule has 1 atom stereocenters. The number of benzene rings is 2. The molecule has 1 aliphatic rings. The fourth-order valence-corrected chi connectivity index (χ4v) is 3.70. The van der Waals surface area contributed by atoms with Crippen molar-refractivity contribution in [3.05, 3.63) is 77.1 Å². The Morgan fingerprint density at radius 3 is 2.81 bits per heavy atom. The van der Waals surface area contributed by atoms with E-state index < -0.39 is 0 Å². The van der Waals surface area contributed by atoms with Crippen LogP contribution in [0, 0.1) is 0 Å². The molecule has 0 bridgehead atoms. The SMILES string of the molecule is COc1ccc(Cl)cc1NC(=O)N1Cc2ccccc2-n2cccc2[C@H]1C. The topological polar surface area (TPSA) is 46.5 Å². The molecule has 0 saturated carbocycles. The Kier molecular flexibility index (Phi) is 4.54. The minimum atomic E-state index is -0.201. The van der Waals surface area contributed by atoms with Gasteiger partial charge in [0.1, 0.15) is 5.75 Å². The third-order valence-corrected chi connectivity index (χ3v) is 5.17. The van der Waals surface area contributed by atoms with Gasteiger partial charge in [-0.1, -0.05) is 29.8 Å². The number of rotatable bonds is 2. The Balaban J connectivity index is 1.70. The number of methoxy groups -OCH3 is 1. The molecule has 2 amide bonds. The second kappa shape index (κ2) is 7.00. The van der Waals surface area contributed by atoms with Gasteiger partial charge >= 0.3 is 6.03 Å². The largest absolute Gasteiger partial charge is 0.495 e. The smallest absolute Gasteiger partial charge is 0.322 e. The Hall–Kier alpha value is -2.92. The number of carbonyl (C=O) groups is 1. The molecule has 0 radical (unpaired) electrons. The number of hydrogen-bond donors (Lipinski definition) is 1. The Bertz CT molecular complexity index is 999. The third-order valence-electron chi connectivity index (χ3n) is 4.93. The van der Waals surface area contributed by atoms with Crippen molar-refractivity contribution in [2.75, 3.05) is 12.4 Å². The Morgan fingerprint density at radius 1 is 1.19 bits per heavy atom. The van der Waals surface area contributed by atoms with Gasteiger partial charge in [-0.25, -0.2) is 4.79 Å². The number of carbonyl (C=O) groups excluding carboxylic acids is 1. The third kappa shape index (κ3) is 3.15. The molecule has 2 heterocycles. The predicted molar refractivity (Wildman–Crippen MR) is 107 cm³/mol. The number of aromatic nitrogens is 1. The lowest BCUT2D eigenvalue weighted by Crippen LogP contribution is -2.36. The molecule has 27 heavy (non-hydrogen) atoms. The number of anilines is 1. The van der Waals surface area contributed by atoms with Crippen LogP contribution in [-0.4, -0.2) is 22.6 Å².